The first-order valence-electron chi connectivity index (χ1n) is 5.44. The molecule has 10 heteroatoms. The van der Waals surface area contributed by atoms with Gasteiger partial charge in [0.25, 0.3) is 5.56 Å². The van der Waals surface area contributed by atoms with Crippen LogP contribution in [0.25, 0.3) is 0 Å². The van der Waals surface area contributed by atoms with Gasteiger partial charge in [0.05, 0.1) is 16.5 Å². The van der Waals surface area contributed by atoms with Gasteiger partial charge < -0.3 is 15.9 Å². The van der Waals surface area contributed by atoms with Crippen molar-refractivity contribution in [2.24, 2.45) is 5.73 Å². The largest absolute Gasteiger partial charge is 0.481 e. The number of nitrogens with zero attached hydrogens (tertiary/aromatic N) is 2. The molecule has 1 heterocycles. The van der Waals surface area contributed by atoms with Crippen molar-refractivity contribution in [2.75, 3.05) is 0 Å². The van der Waals surface area contributed by atoms with Crippen molar-refractivity contribution in [2.45, 2.75) is 25.6 Å². The van der Waals surface area contributed by atoms with Gasteiger partial charge in [0.1, 0.15) is 6.04 Å². The third-order valence-electron chi connectivity index (χ3n) is 2.46. The number of hydrogen-bond donors (Lipinski definition) is 3. The quantitative estimate of drug-likeness (QED) is 0.496. The van der Waals surface area contributed by atoms with Crippen LogP contribution in [0.15, 0.2) is 15.8 Å². The number of rotatable bonds is 6. The summed E-state index contributed by atoms with van der Waals surface area (Å²) in [6.07, 6.45) is 0.811. The van der Waals surface area contributed by atoms with E-state index in [0.29, 0.717) is 0 Å². The number of nitrogens with two attached hydrogens (primary N) is 1. The number of hydrogen-bond acceptors (Lipinski definition) is 5. The van der Waals surface area contributed by atoms with E-state index < -0.39 is 29.2 Å². The average Bonchev–Trinajstić information content (AvgIpc) is 2.35. The lowest BCUT2D eigenvalue weighted by atomic mass is 10.3. The van der Waals surface area contributed by atoms with Crippen molar-refractivity contribution in [1.29, 1.82) is 0 Å². The van der Waals surface area contributed by atoms with Gasteiger partial charge in [-0.15, -0.1) is 0 Å². The van der Waals surface area contributed by atoms with Crippen LogP contribution < -0.4 is 17.0 Å². The standard InChI is InChI=1S/C10H12IN3O6/c11-5-3-13(4-6(12)9(18)19)10(20)14(8(5)17)2-1-7(15)16/h3,6H,1-2,4,12H2,(H,15,16)(H,18,19)/t6-/m0/s1. The number of aromatic nitrogens is 2. The van der Waals surface area contributed by atoms with E-state index >= 15 is 0 Å². The van der Waals surface area contributed by atoms with Gasteiger partial charge in [-0.05, 0) is 22.6 Å². The first kappa shape index (κ1) is 16.4. The Morgan fingerprint density at radius 2 is 1.95 bits per heavy atom. The Kier molecular flexibility index (Phi) is 5.44. The fourth-order valence-corrected chi connectivity index (χ4v) is 2.07. The summed E-state index contributed by atoms with van der Waals surface area (Å²) in [4.78, 5) is 45.0. The van der Waals surface area contributed by atoms with Crippen LogP contribution in [0.4, 0.5) is 0 Å². The van der Waals surface area contributed by atoms with Crippen molar-refractivity contribution >= 4 is 34.5 Å². The molecular weight excluding hydrogens is 385 g/mol. The lowest BCUT2D eigenvalue weighted by Crippen LogP contribution is -2.45. The van der Waals surface area contributed by atoms with E-state index in [1.807, 2.05) is 0 Å². The second-order valence-electron chi connectivity index (χ2n) is 3.96. The van der Waals surface area contributed by atoms with Crippen LogP contribution in [0.5, 0.6) is 0 Å². The molecular formula is C10H12IN3O6. The highest BCUT2D eigenvalue weighted by Crippen LogP contribution is 1.97. The summed E-state index contributed by atoms with van der Waals surface area (Å²) >= 11 is 1.68. The summed E-state index contributed by atoms with van der Waals surface area (Å²) in [6.45, 7) is -0.594. The smallest absolute Gasteiger partial charge is 0.331 e. The van der Waals surface area contributed by atoms with Gasteiger partial charge in [-0.25, -0.2) is 4.79 Å². The van der Waals surface area contributed by atoms with Gasteiger partial charge >= 0.3 is 17.6 Å². The maximum atomic E-state index is 12.0. The molecule has 110 valence electrons. The molecule has 9 nitrogen and oxygen atoms in total. The van der Waals surface area contributed by atoms with E-state index in [-0.39, 0.29) is 23.1 Å². The zero-order valence-electron chi connectivity index (χ0n) is 10.2. The Balaban J connectivity index is 3.21. The van der Waals surface area contributed by atoms with Gasteiger partial charge in [0.15, 0.2) is 0 Å². The Morgan fingerprint density at radius 1 is 1.35 bits per heavy atom. The second-order valence-corrected chi connectivity index (χ2v) is 5.12. The lowest BCUT2D eigenvalue weighted by Gasteiger charge is -2.12. The molecule has 4 N–H and O–H groups in total. The maximum absolute atomic E-state index is 12.0. The Labute approximate surface area is 125 Å². The summed E-state index contributed by atoms with van der Waals surface area (Å²) in [7, 11) is 0. The molecule has 0 fully saturated rings. The zero-order chi connectivity index (χ0) is 15.4. The normalized spacial score (nSPS) is 12.1. The molecule has 0 aliphatic rings. The molecule has 0 bridgehead atoms. The molecule has 1 aromatic rings. The molecule has 1 aromatic heterocycles. The SMILES string of the molecule is N[C@@H](Cn1cc(I)c(=O)n(CCC(=O)O)c1=O)C(=O)O. The zero-order valence-corrected chi connectivity index (χ0v) is 12.3. The van der Waals surface area contributed by atoms with E-state index in [0.717, 1.165) is 9.13 Å². The van der Waals surface area contributed by atoms with Crippen LogP contribution in [0.1, 0.15) is 6.42 Å². The van der Waals surface area contributed by atoms with Crippen LogP contribution >= 0.6 is 22.6 Å². The highest BCUT2D eigenvalue weighted by atomic mass is 127. The fourth-order valence-electron chi connectivity index (χ4n) is 1.44. The van der Waals surface area contributed by atoms with E-state index in [1.54, 1.807) is 22.6 Å². The minimum Gasteiger partial charge on any atom is -0.481 e. The summed E-state index contributed by atoms with van der Waals surface area (Å²) in [5.74, 6) is -2.43. The van der Waals surface area contributed by atoms with E-state index in [9.17, 15) is 19.2 Å². The minimum atomic E-state index is -1.30. The van der Waals surface area contributed by atoms with Gasteiger partial charge in [-0.2, -0.15) is 0 Å². The molecule has 0 unspecified atom stereocenters. The summed E-state index contributed by atoms with van der Waals surface area (Å²) in [5.41, 5.74) is 3.94. The molecule has 0 aromatic carbocycles. The molecule has 0 aliphatic carbocycles. The van der Waals surface area contributed by atoms with Gasteiger partial charge in [-0.1, -0.05) is 0 Å². The monoisotopic (exact) mass is 397 g/mol. The van der Waals surface area contributed by atoms with Crippen molar-refractivity contribution in [1.82, 2.24) is 9.13 Å². The van der Waals surface area contributed by atoms with Crippen LogP contribution in [0, 0.1) is 3.57 Å². The molecule has 0 saturated carbocycles. The highest BCUT2D eigenvalue weighted by Gasteiger charge is 2.16. The van der Waals surface area contributed by atoms with Crippen LogP contribution in [0.3, 0.4) is 0 Å². The predicted octanol–water partition coefficient (Wildman–Crippen LogP) is -1.50. The van der Waals surface area contributed by atoms with Crippen molar-refractivity contribution in [3.8, 4) is 0 Å². The molecule has 1 atom stereocenters. The molecule has 20 heavy (non-hydrogen) atoms. The Hall–Kier alpha value is -1.69. The Bertz CT molecular complexity index is 649. The number of carboxylic acid groups (broad SMARTS) is 2. The molecule has 0 amide bonds. The van der Waals surface area contributed by atoms with Gasteiger partial charge in [0, 0.05) is 12.7 Å². The van der Waals surface area contributed by atoms with E-state index in [4.69, 9.17) is 15.9 Å². The van der Waals surface area contributed by atoms with E-state index in [2.05, 4.69) is 0 Å². The van der Waals surface area contributed by atoms with Gasteiger partial charge in [-0.3, -0.25) is 23.5 Å². The lowest BCUT2D eigenvalue weighted by molar-refractivity contribution is -0.139. The van der Waals surface area contributed by atoms with Crippen molar-refractivity contribution < 1.29 is 19.8 Å². The van der Waals surface area contributed by atoms with Crippen LogP contribution in [-0.4, -0.2) is 37.3 Å². The molecule has 0 aliphatic heterocycles. The first-order valence-corrected chi connectivity index (χ1v) is 6.52. The third-order valence-corrected chi connectivity index (χ3v) is 3.20. The maximum Gasteiger partial charge on any atom is 0.331 e. The molecule has 0 spiro atoms. The topological polar surface area (TPSA) is 145 Å². The fraction of sp³-hybridized carbons (Fsp3) is 0.400. The highest BCUT2D eigenvalue weighted by molar-refractivity contribution is 14.1. The summed E-state index contributed by atoms with van der Waals surface area (Å²) in [6, 6.07) is -1.30. The Morgan fingerprint density at radius 3 is 2.45 bits per heavy atom. The average molecular weight is 397 g/mol. The predicted molar refractivity (Wildman–Crippen MR) is 75.5 cm³/mol. The van der Waals surface area contributed by atoms with Crippen LogP contribution in [0.2, 0.25) is 0 Å². The number of carbonyl (C=O) groups is 2. The van der Waals surface area contributed by atoms with Crippen LogP contribution in [-0.2, 0) is 22.7 Å². The second kappa shape index (κ2) is 6.65. The summed E-state index contributed by atoms with van der Waals surface area (Å²) < 4.78 is 1.92. The molecule has 0 saturated heterocycles. The van der Waals surface area contributed by atoms with Gasteiger partial charge in [0.2, 0.25) is 0 Å². The number of carboxylic acids is 2. The molecule has 0 radical (unpaired) electrons. The number of aliphatic carboxylic acids is 2. The van der Waals surface area contributed by atoms with Crippen molar-refractivity contribution in [3.05, 3.63) is 30.6 Å². The third kappa shape index (κ3) is 3.90. The summed E-state index contributed by atoms with van der Waals surface area (Å²) in [5, 5.41) is 17.3. The first-order chi connectivity index (χ1) is 9.23. The van der Waals surface area contributed by atoms with E-state index in [1.165, 1.54) is 6.20 Å². The number of halogens is 1. The molecule has 1 rings (SSSR count). The van der Waals surface area contributed by atoms with Crippen molar-refractivity contribution in [3.63, 3.8) is 0 Å². The minimum absolute atomic E-state index is 0.171.